The SMILES string of the molecule is CN(C)C1CCCN(C(=O)c2ccc([N+](=O)[O-])cc2)c2ccsc21. The summed E-state index contributed by atoms with van der Waals surface area (Å²) in [5.74, 6) is -0.107. The molecular weight excluding hydrogens is 326 g/mol. The number of rotatable bonds is 3. The molecule has 7 heteroatoms. The number of fused-ring (bicyclic) bond motifs is 1. The van der Waals surface area contributed by atoms with Crippen molar-refractivity contribution < 1.29 is 9.72 Å². The number of nitrogens with zero attached hydrogens (tertiary/aromatic N) is 3. The molecule has 24 heavy (non-hydrogen) atoms. The molecule has 1 aromatic heterocycles. The van der Waals surface area contributed by atoms with Gasteiger partial charge in [-0.2, -0.15) is 0 Å². The van der Waals surface area contributed by atoms with Crippen molar-refractivity contribution in [2.24, 2.45) is 0 Å². The number of nitro groups is 1. The minimum Gasteiger partial charge on any atom is -0.307 e. The normalized spacial score (nSPS) is 17.5. The Morgan fingerprint density at radius 1 is 1.29 bits per heavy atom. The second kappa shape index (κ2) is 6.70. The zero-order valence-electron chi connectivity index (χ0n) is 13.6. The van der Waals surface area contributed by atoms with Crippen LogP contribution < -0.4 is 4.90 Å². The van der Waals surface area contributed by atoms with Gasteiger partial charge in [0.1, 0.15) is 0 Å². The van der Waals surface area contributed by atoms with Crippen molar-refractivity contribution in [1.29, 1.82) is 0 Å². The van der Waals surface area contributed by atoms with Gasteiger partial charge in [0.25, 0.3) is 11.6 Å². The van der Waals surface area contributed by atoms with Crippen LogP contribution in [0.25, 0.3) is 0 Å². The number of nitro benzene ring substituents is 1. The summed E-state index contributed by atoms with van der Waals surface area (Å²) < 4.78 is 0. The molecule has 0 radical (unpaired) electrons. The number of anilines is 1. The molecule has 1 amide bonds. The average molecular weight is 345 g/mol. The van der Waals surface area contributed by atoms with Crippen molar-refractivity contribution in [3.05, 3.63) is 56.3 Å². The molecule has 0 bridgehead atoms. The molecule has 1 aliphatic heterocycles. The molecule has 0 saturated carbocycles. The number of hydrogen-bond donors (Lipinski definition) is 0. The Kier molecular flexibility index (Phi) is 4.64. The van der Waals surface area contributed by atoms with Crippen molar-refractivity contribution in [3.63, 3.8) is 0 Å². The molecule has 0 fully saturated rings. The highest BCUT2D eigenvalue weighted by Crippen LogP contribution is 2.39. The molecule has 2 heterocycles. The van der Waals surface area contributed by atoms with Crippen molar-refractivity contribution >= 4 is 28.6 Å². The zero-order valence-corrected chi connectivity index (χ0v) is 14.5. The minimum absolute atomic E-state index is 0.00805. The zero-order chi connectivity index (χ0) is 17.3. The summed E-state index contributed by atoms with van der Waals surface area (Å²) in [5, 5.41) is 12.8. The lowest BCUT2D eigenvalue weighted by Crippen LogP contribution is -2.31. The standard InChI is InChI=1S/C17H19N3O3S/c1-18(2)14-4-3-10-19(15-9-11-24-16(14)15)17(21)12-5-7-13(8-6-12)20(22)23/h5-9,11,14H,3-4,10H2,1-2H3. The van der Waals surface area contributed by atoms with Crippen molar-refractivity contribution in [2.45, 2.75) is 18.9 Å². The van der Waals surface area contributed by atoms with Crippen molar-refractivity contribution in [3.8, 4) is 0 Å². The number of thiophene rings is 1. The summed E-state index contributed by atoms with van der Waals surface area (Å²) in [6, 6.07) is 8.12. The Balaban J connectivity index is 1.92. The maximum Gasteiger partial charge on any atom is 0.269 e. The summed E-state index contributed by atoms with van der Waals surface area (Å²) in [7, 11) is 4.12. The topological polar surface area (TPSA) is 66.7 Å². The van der Waals surface area contributed by atoms with Gasteiger partial charge in [-0.1, -0.05) is 0 Å². The third-order valence-electron chi connectivity index (χ3n) is 4.32. The van der Waals surface area contributed by atoms with Crippen LogP contribution in [0.1, 0.15) is 34.1 Å². The van der Waals surface area contributed by atoms with Crippen LogP contribution in [0, 0.1) is 10.1 Å². The predicted octanol–water partition coefficient (Wildman–Crippen LogP) is 3.70. The predicted molar refractivity (Wildman–Crippen MR) is 94.8 cm³/mol. The second-order valence-corrected chi connectivity index (χ2v) is 7.00. The Morgan fingerprint density at radius 2 is 2.00 bits per heavy atom. The highest BCUT2D eigenvalue weighted by Gasteiger charge is 2.29. The van der Waals surface area contributed by atoms with Crippen molar-refractivity contribution in [2.75, 3.05) is 25.5 Å². The Bertz CT molecular complexity index is 755. The molecule has 0 saturated heterocycles. The van der Waals surface area contributed by atoms with Crippen LogP contribution in [-0.4, -0.2) is 36.4 Å². The Morgan fingerprint density at radius 3 is 2.62 bits per heavy atom. The van der Waals surface area contributed by atoms with E-state index in [0.29, 0.717) is 18.2 Å². The summed E-state index contributed by atoms with van der Waals surface area (Å²) in [5.41, 5.74) is 1.42. The molecule has 126 valence electrons. The van der Waals surface area contributed by atoms with Crippen LogP contribution in [0.5, 0.6) is 0 Å². The van der Waals surface area contributed by atoms with Crippen LogP contribution in [0.3, 0.4) is 0 Å². The summed E-state index contributed by atoms with van der Waals surface area (Å²) >= 11 is 1.67. The van der Waals surface area contributed by atoms with Crippen LogP contribution >= 0.6 is 11.3 Å². The van der Waals surface area contributed by atoms with E-state index in [1.807, 2.05) is 11.4 Å². The number of amides is 1. The summed E-state index contributed by atoms with van der Waals surface area (Å²) in [6.07, 6.45) is 1.92. The van der Waals surface area contributed by atoms with E-state index in [0.717, 1.165) is 18.5 Å². The lowest BCUT2D eigenvalue weighted by molar-refractivity contribution is -0.384. The molecule has 1 aliphatic rings. The van der Waals surface area contributed by atoms with Gasteiger partial charge >= 0.3 is 0 Å². The van der Waals surface area contributed by atoms with E-state index in [1.165, 1.54) is 29.1 Å². The van der Waals surface area contributed by atoms with Gasteiger partial charge < -0.3 is 9.80 Å². The fraction of sp³-hybridized carbons (Fsp3) is 0.353. The summed E-state index contributed by atoms with van der Waals surface area (Å²) in [4.78, 5) is 28.4. The van der Waals surface area contributed by atoms with Gasteiger partial charge in [-0.25, -0.2) is 0 Å². The number of non-ortho nitro benzene ring substituents is 1. The molecular formula is C17H19N3O3S. The average Bonchev–Trinajstić information content (AvgIpc) is 2.95. The van der Waals surface area contributed by atoms with Gasteiger partial charge in [-0.05, 0) is 50.5 Å². The second-order valence-electron chi connectivity index (χ2n) is 6.05. The van der Waals surface area contributed by atoms with Gasteiger partial charge in [0.15, 0.2) is 0 Å². The fourth-order valence-corrected chi connectivity index (χ4v) is 4.19. The van der Waals surface area contributed by atoms with E-state index in [1.54, 1.807) is 16.2 Å². The van der Waals surface area contributed by atoms with Gasteiger partial charge in [0.05, 0.1) is 10.6 Å². The van der Waals surface area contributed by atoms with E-state index < -0.39 is 4.92 Å². The number of hydrogen-bond acceptors (Lipinski definition) is 5. The molecule has 0 N–H and O–H groups in total. The third kappa shape index (κ3) is 3.05. The monoisotopic (exact) mass is 345 g/mol. The highest BCUT2D eigenvalue weighted by molar-refractivity contribution is 7.10. The number of carbonyl (C=O) groups is 1. The van der Waals surface area contributed by atoms with E-state index >= 15 is 0 Å². The maximum atomic E-state index is 12.9. The maximum absolute atomic E-state index is 12.9. The van der Waals surface area contributed by atoms with Crippen LogP contribution in [0.15, 0.2) is 35.7 Å². The lowest BCUT2D eigenvalue weighted by Gasteiger charge is -2.24. The molecule has 0 spiro atoms. The van der Waals surface area contributed by atoms with Crippen LogP contribution in [-0.2, 0) is 0 Å². The number of benzene rings is 1. The largest absolute Gasteiger partial charge is 0.307 e. The third-order valence-corrected chi connectivity index (χ3v) is 5.33. The van der Waals surface area contributed by atoms with E-state index in [4.69, 9.17) is 0 Å². The van der Waals surface area contributed by atoms with Crippen molar-refractivity contribution in [1.82, 2.24) is 4.90 Å². The Labute approximate surface area is 144 Å². The first-order valence-electron chi connectivity index (χ1n) is 7.79. The molecule has 0 aliphatic carbocycles. The van der Waals surface area contributed by atoms with Crippen LogP contribution in [0.4, 0.5) is 11.4 Å². The van der Waals surface area contributed by atoms with E-state index in [2.05, 4.69) is 19.0 Å². The molecule has 2 aromatic rings. The van der Waals surface area contributed by atoms with Gasteiger partial charge in [-0.3, -0.25) is 14.9 Å². The molecule has 1 unspecified atom stereocenters. The Hall–Kier alpha value is -2.25. The van der Waals surface area contributed by atoms with Gasteiger partial charge in [0.2, 0.25) is 0 Å². The smallest absolute Gasteiger partial charge is 0.269 e. The van der Waals surface area contributed by atoms with E-state index in [9.17, 15) is 14.9 Å². The first-order valence-corrected chi connectivity index (χ1v) is 8.67. The summed E-state index contributed by atoms with van der Waals surface area (Å²) in [6.45, 7) is 0.657. The van der Waals surface area contributed by atoms with Gasteiger partial charge in [-0.15, -0.1) is 11.3 Å². The molecule has 1 aromatic carbocycles. The van der Waals surface area contributed by atoms with Gasteiger partial charge in [0, 0.05) is 35.2 Å². The minimum atomic E-state index is -0.459. The lowest BCUT2D eigenvalue weighted by atomic mass is 10.1. The fourth-order valence-electron chi connectivity index (χ4n) is 3.07. The first-order chi connectivity index (χ1) is 11.5. The highest BCUT2D eigenvalue weighted by atomic mass is 32.1. The molecule has 6 nitrogen and oxygen atoms in total. The number of carbonyl (C=O) groups excluding carboxylic acids is 1. The van der Waals surface area contributed by atoms with E-state index in [-0.39, 0.29) is 11.6 Å². The molecule has 3 rings (SSSR count). The molecule has 1 atom stereocenters. The van der Waals surface area contributed by atoms with Crippen LogP contribution in [0.2, 0.25) is 0 Å². The quantitative estimate of drug-likeness (QED) is 0.628. The first kappa shape index (κ1) is 16.6.